The zero-order chi connectivity index (χ0) is 16.7. The van der Waals surface area contributed by atoms with Crippen LogP contribution in [0, 0.1) is 18.3 Å². The lowest BCUT2D eigenvalue weighted by Crippen LogP contribution is -2.02. The van der Waals surface area contributed by atoms with Crippen molar-refractivity contribution in [3.05, 3.63) is 59.1 Å². The number of unbranched alkanes of at least 4 members (excludes halogenated alkanes) is 1. The van der Waals surface area contributed by atoms with E-state index in [0.29, 0.717) is 17.9 Å². The second kappa shape index (κ2) is 8.00. The SMILES string of the molecule is CCCCOc1ccc(/C=C(\C#N)C(=O)c2ccoc2C)cc1. The minimum atomic E-state index is -0.331. The number of nitriles is 1. The van der Waals surface area contributed by atoms with Gasteiger partial charge in [0.2, 0.25) is 5.78 Å². The van der Waals surface area contributed by atoms with Crippen LogP contribution < -0.4 is 4.74 Å². The van der Waals surface area contributed by atoms with Gasteiger partial charge in [0.05, 0.1) is 18.4 Å². The fourth-order valence-corrected chi connectivity index (χ4v) is 2.08. The Morgan fingerprint density at radius 3 is 2.61 bits per heavy atom. The normalized spacial score (nSPS) is 11.1. The molecule has 0 N–H and O–H groups in total. The molecule has 0 saturated heterocycles. The van der Waals surface area contributed by atoms with Crippen LogP contribution in [0.5, 0.6) is 5.75 Å². The fourth-order valence-electron chi connectivity index (χ4n) is 2.08. The lowest BCUT2D eigenvalue weighted by Gasteiger charge is -2.05. The molecule has 1 aromatic carbocycles. The Labute approximate surface area is 136 Å². The van der Waals surface area contributed by atoms with E-state index in [1.165, 1.54) is 6.26 Å². The van der Waals surface area contributed by atoms with Crippen molar-refractivity contribution in [1.29, 1.82) is 5.26 Å². The van der Waals surface area contributed by atoms with Gasteiger partial charge in [-0.2, -0.15) is 5.26 Å². The molecule has 4 heteroatoms. The summed E-state index contributed by atoms with van der Waals surface area (Å²) in [4.78, 5) is 12.3. The van der Waals surface area contributed by atoms with Crippen molar-refractivity contribution in [2.24, 2.45) is 0 Å². The monoisotopic (exact) mass is 309 g/mol. The van der Waals surface area contributed by atoms with Crippen LogP contribution in [-0.2, 0) is 0 Å². The molecule has 23 heavy (non-hydrogen) atoms. The Hall–Kier alpha value is -2.80. The van der Waals surface area contributed by atoms with Gasteiger partial charge in [-0.05, 0) is 43.2 Å². The van der Waals surface area contributed by atoms with E-state index >= 15 is 0 Å². The summed E-state index contributed by atoms with van der Waals surface area (Å²) in [5, 5.41) is 9.25. The molecule has 2 rings (SSSR count). The van der Waals surface area contributed by atoms with E-state index in [1.807, 2.05) is 30.3 Å². The number of carbonyl (C=O) groups excluding carboxylic acids is 1. The number of rotatable bonds is 7. The van der Waals surface area contributed by atoms with Crippen LogP contribution >= 0.6 is 0 Å². The average molecular weight is 309 g/mol. The van der Waals surface area contributed by atoms with Gasteiger partial charge in [0.15, 0.2) is 0 Å². The molecule has 2 aromatic rings. The standard InChI is InChI=1S/C19H19NO3/c1-3-4-10-23-17-7-5-15(6-8-17)12-16(13-20)19(21)18-9-11-22-14(18)2/h5-9,11-12H,3-4,10H2,1-2H3/b16-12+. The fraction of sp³-hybridized carbons (Fsp3) is 0.263. The first-order chi connectivity index (χ1) is 11.2. The second-order valence-corrected chi connectivity index (χ2v) is 5.16. The molecule has 0 spiro atoms. The molecule has 0 unspecified atom stereocenters. The van der Waals surface area contributed by atoms with Gasteiger partial charge in [-0.3, -0.25) is 4.79 Å². The largest absolute Gasteiger partial charge is 0.494 e. The number of carbonyl (C=O) groups is 1. The van der Waals surface area contributed by atoms with Crippen molar-refractivity contribution >= 4 is 11.9 Å². The smallest absolute Gasteiger partial charge is 0.207 e. The molecule has 0 bridgehead atoms. The summed E-state index contributed by atoms with van der Waals surface area (Å²) in [7, 11) is 0. The molecule has 4 nitrogen and oxygen atoms in total. The molecule has 0 saturated carbocycles. The first-order valence-corrected chi connectivity index (χ1v) is 7.59. The summed E-state index contributed by atoms with van der Waals surface area (Å²) < 4.78 is 10.7. The van der Waals surface area contributed by atoms with Crippen LogP contribution in [0.1, 0.15) is 41.4 Å². The highest BCUT2D eigenvalue weighted by Crippen LogP contribution is 2.18. The Bertz CT molecular complexity index is 733. The number of hydrogen-bond acceptors (Lipinski definition) is 4. The summed E-state index contributed by atoms with van der Waals surface area (Å²) in [5.41, 5.74) is 1.27. The molecule has 0 aliphatic heterocycles. The maximum absolute atomic E-state index is 12.3. The van der Waals surface area contributed by atoms with E-state index in [2.05, 4.69) is 6.92 Å². The van der Waals surface area contributed by atoms with Crippen molar-refractivity contribution in [1.82, 2.24) is 0 Å². The van der Waals surface area contributed by atoms with Gasteiger partial charge in [-0.1, -0.05) is 25.5 Å². The van der Waals surface area contributed by atoms with E-state index < -0.39 is 0 Å². The van der Waals surface area contributed by atoms with Crippen LogP contribution in [0.3, 0.4) is 0 Å². The minimum Gasteiger partial charge on any atom is -0.494 e. The summed E-state index contributed by atoms with van der Waals surface area (Å²) in [6, 6.07) is 10.9. The van der Waals surface area contributed by atoms with Crippen molar-refractivity contribution in [3.8, 4) is 11.8 Å². The maximum atomic E-state index is 12.3. The molecular formula is C19H19NO3. The number of aryl methyl sites for hydroxylation is 1. The number of allylic oxidation sites excluding steroid dienone is 1. The Balaban J connectivity index is 2.14. The first kappa shape index (κ1) is 16.6. The second-order valence-electron chi connectivity index (χ2n) is 5.16. The average Bonchev–Trinajstić information content (AvgIpc) is 2.99. The van der Waals surface area contributed by atoms with Gasteiger partial charge in [-0.25, -0.2) is 0 Å². The van der Waals surface area contributed by atoms with Crippen molar-refractivity contribution in [3.63, 3.8) is 0 Å². The van der Waals surface area contributed by atoms with Crippen molar-refractivity contribution in [2.75, 3.05) is 6.61 Å². The van der Waals surface area contributed by atoms with Crippen LogP contribution in [0.15, 0.2) is 46.6 Å². The minimum absolute atomic E-state index is 0.0779. The number of furan rings is 1. The Morgan fingerprint density at radius 1 is 1.30 bits per heavy atom. The van der Waals surface area contributed by atoms with Gasteiger partial charge in [0.25, 0.3) is 0 Å². The summed E-state index contributed by atoms with van der Waals surface area (Å²) in [6.07, 6.45) is 5.12. The zero-order valence-electron chi connectivity index (χ0n) is 13.3. The van der Waals surface area contributed by atoms with Crippen LogP contribution in [0.25, 0.3) is 6.08 Å². The molecule has 118 valence electrons. The van der Waals surface area contributed by atoms with Crippen molar-refractivity contribution < 1.29 is 13.9 Å². The summed E-state index contributed by atoms with van der Waals surface area (Å²) in [6.45, 7) is 4.50. The van der Waals surface area contributed by atoms with Gasteiger partial charge in [0.1, 0.15) is 23.2 Å². The molecule has 0 fully saturated rings. The lowest BCUT2D eigenvalue weighted by molar-refractivity contribution is 0.103. The third kappa shape index (κ3) is 4.33. The highest BCUT2D eigenvalue weighted by molar-refractivity contribution is 6.14. The first-order valence-electron chi connectivity index (χ1n) is 7.59. The predicted octanol–water partition coefficient (Wildman–Crippen LogP) is 4.56. The van der Waals surface area contributed by atoms with Gasteiger partial charge in [0, 0.05) is 0 Å². The van der Waals surface area contributed by atoms with Crippen LogP contribution in [0.2, 0.25) is 0 Å². The van der Waals surface area contributed by atoms with E-state index in [1.54, 1.807) is 19.1 Å². The number of ether oxygens (including phenoxy) is 1. The molecule has 1 heterocycles. The van der Waals surface area contributed by atoms with E-state index in [-0.39, 0.29) is 11.4 Å². The Kier molecular flexibility index (Phi) is 5.76. The highest BCUT2D eigenvalue weighted by atomic mass is 16.5. The third-order valence-corrected chi connectivity index (χ3v) is 3.43. The molecular weight excluding hydrogens is 290 g/mol. The topological polar surface area (TPSA) is 63.2 Å². The number of ketones is 1. The summed E-state index contributed by atoms with van der Waals surface area (Å²) >= 11 is 0. The molecule has 0 aliphatic rings. The quantitative estimate of drug-likeness (QED) is 0.325. The molecule has 1 aromatic heterocycles. The van der Waals surface area contributed by atoms with E-state index in [4.69, 9.17) is 9.15 Å². The number of Topliss-reactive ketones (excluding diaryl/α,β-unsaturated/α-hetero) is 1. The van der Waals surface area contributed by atoms with Crippen LogP contribution in [-0.4, -0.2) is 12.4 Å². The van der Waals surface area contributed by atoms with Crippen molar-refractivity contribution in [2.45, 2.75) is 26.7 Å². The zero-order valence-corrected chi connectivity index (χ0v) is 13.3. The molecule has 0 atom stereocenters. The van der Waals surface area contributed by atoms with E-state index in [0.717, 1.165) is 24.2 Å². The van der Waals surface area contributed by atoms with E-state index in [9.17, 15) is 10.1 Å². The number of nitrogens with zero attached hydrogens (tertiary/aromatic N) is 1. The lowest BCUT2D eigenvalue weighted by atomic mass is 10.0. The predicted molar refractivity (Wildman–Crippen MR) is 88.2 cm³/mol. The van der Waals surface area contributed by atoms with Gasteiger partial charge < -0.3 is 9.15 Å². The molecule has 0 aliphatic carbocycles. The third-order valence-electron chi connectivity index (χ3n) is 3.43. The maximum Gasteiger partial charge on any atom is 0.207 e. The Morgan fingerprint density at radius 2 is 2.04 bits per heavy atom. The molecule has 0 radical (unpaired) electrons. The highest BCUT2D eigenvalue weighted by Gasteiger charge is 2.16. The van der Waals surface area contributed by atoms with Crippen LogP contribution in [0.4, 0.5) is 0 Å². The van der Waals surface area contributed by atoms with Gasteiger partial charge in [-0.15, -0.1) is 0 Å². The van der Waals surface area contributed by atoms with Gasteiger partial charge >= 0.3 is 0 Å². The molecule has 0 amide bonds. The number of hydrogen-bond donors (Lipinski definition) is 0. The number of benzene rings is 1. The summed E-state index contributed by atoms with van der Waals surface area (Å²) in [5.74, 6) is 0.962.